The molecule has 0 saturated heterocycles. The first-order chi connectivity index (χ1) is 24.7. The van der Waals surface area contributed by atoms with Gasteiger partial charge in [-0.3, -0.25) is 24.0 Å². The van der Waals surface area contributed by atoms with Crippen molar-refractivity contribution in [3.8, 4) is 0 Å². The Morgan fingerprint density at radius 2 is 0.980 bits per heavy atom. The molecule has 0 aromatic rings. The Hall–Kier alpha value is -2.77. The molecule has 0 aromatic carbocycles. The van der Waals surface area contributed by atoms with Crippen molar-refractivity contribution in [3.05, 3.63) is 0 Å². The van der Waals surface area contributed by atoms with Crippen molar-refractivity contribution >= 4 is 29.6 Å². The number of carboxylic acids is 1. The number of rotatable bonds is 34. The maximum atomic E-state index is 13.3. The second-order valence-corrected chi connectivity index (χ2v) is 13.1. The molecule has 0 aromatic heterocycles. The molecule has 3 atom stereocenters. The number of hydrogen-bond acceptors (Lipinski definition) is 8. The molecule has 0 bridgehead atoms. The summed E-state index contributed by atoms with van der Waals surface area (Å²) in [6, 6.07) is -2.44. The van der Waals surface area contributed by atoms with Gasteiger partial charge in [-0.2, -0.15) is 0 Å². The summed E-state index contributed by atoms with van der Waals surface area (Å²) in [5.74, 6) is -2.28. The summed E-state index contributed by atoms with van der Waals surface area (Å²) in [4.78, 5) is 62.7. The molecule has 0 saturated carbocycles. The van der Waals surface area contributed by atoms with Crippen molar-refractivity contribution < 1.29 is 29.1 Å². The van der Waals surface area contributed by atoms with Crippen LogP contribution in [-0.2, 0) is 24.0 Å². The molecule has 0 spiro atoms. The first kappa shape index (κ1) is 50.3. The molecule has 51 heavy (non-hydrogen) atoms. The van der Waals surface area contributed by atoms with Crippen LogP contribution in [0.4, 0.5) is 0 Å². The average Bonchev–Trinajstić information content (AvgIpc) is 3.12. The molecule has 4 amide bonds. The Labute approximate surface area is 309 Å². The van der Waals surface area contributed by atoms with Gasteiger partial charge in [0.1, 0.15) is 12.1 Å². The zero-order valence-electron chi connectivity index (χ0n) is 32.8. The lowest BCUT2D eigenvalue weighted by Crippen LogP contribution is -2.56. The molecule has 0 radical (unpaired) electrons. The third kappa shape index (κ3) is 30.6. The van der Waals surface area contributed by atoms with E-state index >= 15 is 0 Å². The number of unbranched alkanes of at least 4 members (excludes halogenated alkanes) is 13. The molecular weight excluding hydrogens is 650 g/mol. The molecule has 300 valence electrons. The number of carboxylic acid groups (broad SMARTS) is 1. The second-order valence-electron chi connectivity index (χ2n) is 13.1. The standard InChI is InChI=1S/C36H71N7O6.C2H6/c1-3-4-5-6-7-8-9-10-13-22-32(44)40-27-18-11-12-19-28-41-34(47)31(23-24-33(45)46)43-36(49)30(21-15-17-26-38)42-35(48)29(39-2)20-14-16-25-37;1-2/h29-31,39H,3-28,37-38H2,1-2H3,(H,40,44)(H,41,47)(H,42,48)(H,43,49)(H,45,46);1-2H3. The van der Waals surface area contributed by atoms with E-state index in [2.05, 4.69) is 33.5 Å². The molecule has 0 aliphatic heterocycles. The summed E-state index contributed by atoms with van der Waals surface area (Å²) in [6.45, 7) is 8.22. The summed E-state index contributed by atoms with van der Waals surface area (Å²) >= 11 is 0. The van der Waals surface area contributed by atoms with E-state index in [-0.39, 0.29) is 24.7 Å². The van der Waals surface area contributed by atoms with Gasteiger partial charge in [-0.1, -0.05) is 91.4 Å². The molecule has 0 aliphatic rings. The lowest BCUT2D eigenvalue weighted by atomic mass is 10.0. The lowest BCUT2D eigenvalue weighted by molar-refractivity contribution is -0.138. The normalized spacial score (nSPS) is 12.5. The minimum Gasteiger partial charge on any atom is -0.481 e. The van der Waals surface area contributed by atoms with Gasteiger partial charge in [0.05, 0.1) is 6.04 Å². The number of carbonyl (C=O) groups excluding carboxylic acids is 4. The van der Waals surface area contributed by atoms with E-state index in [4.69, 9.17) is 11.5 Å². The van der Waals surface area contributed by atoms with E-state index in [0.717, 1.165) is 44.9 Å². The highest BCUT2D eigenvalue weighted by Gasteiger charge is 2.28. The van der Waals surface area contributed by atoms with Crippen LogP contribution in [0.3, 0.4) is 0 Å². The van der Waals surface area contributed by atoms with Crippen LogP contribution in [0.1, 0.15) is 162 Å². The number of carbonyl (C=O) groups is 5. The van der Waals surface area contributed by atoms with Crippen molar-refractivity contribution in [1.82, 2.24) is 26.6 Å². The van der Waals surface area contributed by atoms with Crippen LogP contribution in [0.25, 0.3) is 0 Å². The van der Waals surface area contributed by atoms with Crippen molar-refractivity contribution in [1.29, 1.82) is 0 Å². The third-order valence-electron chi connectivity index (χ3n) is 8.70. The molecule has 0 aliphatic carbocycles. The quantitative estimate of drug-likeness (QED) is 0.0440. The van der Waals surface area contributed by atoms with Gasteiger partial charge in [0.25, 0.3) is 0 Å². The Morgan fingerprint density at radius 1 is 0.529 bits per heavy atom. The molecule has 13 heteroatoms. The predicted molar refractivity (Wildman–Crippen MR) is 207 cm³/mol. The number of amides is 4. The molecule has 0 fully saturated rings. The second kappa shape index (κ2) is 37.0. The predicted octanol–water partition coefficient (Wildman–Crippen LogP) is 4.41. The van der Waals surface area contributed by atoms with Gasteiger partial charge < -0.3 is 43.2 Å². The highest BCUT2D eigenvalue weighted by molar-refractivity contribution is 5.93. The van der Waals surface area contributed by atoms with Gasteiger partial charge in [-0.05, 0) is 77.9 Å². The highest BCUT2D eigenvalue weighted by Crippen LogP contribution is 2.11. The number of likely N-dealkylation sites (N-methyl/N-ethyl adjacent to an activating group) is 1. The van der Waals surface area contributed by atoms with Crippen LogP contribution in [0.15, 0.2) is 0 Å². The summed E-state index contributed by atoms with van der Waals surface area (Å²) in [5, 5.41) is 23.5. The molecule has 10 N–H and O–H groups in total. The van der Waals surface area contributed by atoms with E-state index in [1.165, 1.54) is 44.9 Å². The fraction of sp³-hybridized carbons (Fsp3) is 0.868. The van der Waals surface area contributed by atoms with Crippen LogP contribution in [-0.4, -0.2) is 86.1 Å². The van der Waals surface area contributed by atoms with E-state index in [0.29, 0.717) is 64.7 Å². The molecule has 13 nitrogen and oxygen atoms in total. The topological polar surface area (TPSA) is 218 Å². The largest absolute Gasteiger partial charge is 0.481 e. The molecular formula is C38H77N7O6. The average molecular weight is 728 g/mol. The maximum Gasteiger partial charge on any atom is 0.303 e. The maximum absolute atomic E-state index is 13.3. The summed E-state index contributed by atoms with van der Waals surface area (Å²) < 4.78 is 0. The van der Waals surface area contributed by atoms with Crippen LogP contribution >= 0.6 is 0 Å². The number of nitrogens with one attached hydrogen (secondary N) is 5. The third-order valence-corrected chi connectivity index (χ3v) is 8.70. The molecule has 3 unspecified atom stereocenters. The van der Waals surface area contributed by atoms with Crippen molar-refractivity contribution in [2.75, 3.05) is 33.2 Å². The first-order valence-electron chi connectivity index (χ1n) is 20.1. The van der Waals surface area contributed by atoms with E-state index in [1.807, 2.05) is 13.8 Å². The zero-order valence-corrected chi connectivity index (χ0v) is 32.8. The minimum atomic E-state index is -1.07. The number of nitrogens with two attached hydrogens (primary N) is 2. The number of hydrogen-bond donors (Lipinski definition) is 8. The van der Waals surface area contributed by atoms with Gasteiger partial charge in [0.2, 0.25) is 23.6 Å². The minimum absolute atomic E-state index is 0.0760. The van der Waals surface area contributed by atoms with Gasteiger partial charge in [0.15, 0.2) is 0 Å². The van der Waals surface area contributed by atoms with Crippen molar-refractivity contribution in [2.24, 2.45) is 11.5 Å². The van der Waals surface area contributed by atoms with Crippen molar-refractivity contribution in [2.45, 2.75) is 180 Å². The SMILES string of the molecule is CC.CCCCCCCCCCCC(=O)NCCCCCCNC(=O)C(CCC(=O)O)NC(=O)C(CCCCN)NC(=O)C(CCCCN)NC. The van der Waals surface area contributed by atoms with Gasteiger partial charge in [-0.15, -0.1) is 0 Å². The summed E-state index contributed by atoms with van der Waals surface area (Å²) in [5.41, 5.74) is 11.2. The lowest BCUT2D eigenvalue weighted by Gasteiger charge is -2.25. The van der Waals surface area contributed by atoms with Gasteiger partial charge >= 0.3 is 5.97 Å². The van der Waals surface area contributed by atoms with Crippen LogP contribution in [0.5, 0.6) is 0 Å². The van der Waals surface area contributed by atoms with Crippen LogP contribution < -0.4 is 38.1 Å². The Bertz CT molecular complexity index is 893. The first-order valence-corrected chi connectivity index (χ1v) is 20.1. The van der Waals surface area contributed by atoms with Gasteiger partial charge in [0, 0.05) is 25.9 Å². The molecule has 0 rings (SSSR count). The monoisotopic (exact) mass is 728 g/mol. The smallest absolute Gasteiger partial charge is 0.303 e. The summed E-state index contributed by atoms with van der Waals surface area (Å²) in [7, 11) is 1.68. The number of aliphatic carboxylic acids is 1. The fourth-order valence-corrected chi connectivity index (χ4v) is 5.59. The fourth-order valence-electron chi connectivity index (χ4n) is 5.59. The van der Waals surface area contributed by atoms with E-state index in [1.54, 1.807) is 7.05 Å². The summed E-state index contributed by atoms with van der Waals surface area (Å²) in [6.07, 6.45) is 18.3. The molecule has 0 heterocycles. The van der Waals surface area contributed by atoms with Crippen LogP contribution in [0.2, 0.25) is 0 Å². The Kier molecular flexibility index (Phi) is 36.5. The Balaban J connectivity index is 0. The van der Waals surface area contributed by atoms with Crippen LogP contribution in [0, 0.1) is 0 Å². The van der Waals surface area contributed by atoms with Gasteiger partial charge in [-0.25, -0.2) is 0 Å². The zero-order chi connectivity index (χ0) is 38.5. The van der Waals surface area contributed by atoms with E-state index in [9.17, 15) is 29.1 Å². The Morgan fingerprint density at radius 3 is 1.49 bits per heavy atom. The van der Waals surface area contributed by atoms with Crippen molar-refractivity contribution in [3.63, 3.8) is 0 Å². The van der Waals surface area contributed by atoms with E-state index < -0.39 is 35.9 Å². The highest BCUT2D eigenvalue weighted by atomic mass is 16.4.